The van der Waals surface area contributed by atoms with Crippen LogP contribution in [0, 0.1) is 0 Å². The molecule has 0 saturated heterocycles. The molecule has 5 heteroatoms. The highest BCUT2D eigenvalue weighted by Crippen LogP contribution is 1.97. The van der Waals surface area contributed by atoms with E-state index in [-0.39, 0.29) is 6.54 Å². The molecule has 1 N–H and O–H groups in total. The molecule has 0 aliphatic carbocycles. The average molecular weight is 129 g/mol. The summed E-state index contributed by atoms with van der Waals surface area (Å²) in [5.74, 6) is 0. The van der Waals surface area contributed by atoms with E-state index in [0.29, 0.717) is 6.29 Å². The molecule has 0 heterocycles. The smallest absolute Gasteiger partial charge is 0.151 e. The second kappa shape index (κ2) is 3.06. The van der Waals surface area contributed by atoms with Gasteiger partial charge in [-0.3, -0.25) is 0 Å². The van der Waals surface area contributed by atoms with Crippen molar-refractivity contribution < 1.29 is 9.90 Å². The second-order valence-corrected chi connectivity index (χ2v) is 1.86. The predicted molar refractivity (Wildman–Crippen MR) is 30.7 cm³/mol. The van der Waals surface area contributed by atoms with Crippen molar-refractivity contribution in [1.29, 1.82) is 0 Å². The van der Waals surface area contributed by atoms with Gasteiger partial charge in [-0.2, -0.15) is 0 Å². The first-order valence-corrected chi connectivity index (χ1v) is 2.32. The molecular weight excluding hydrogens is 122 g/mol. The average Bonchev–Trinajstić information content (AvgIpc) is 1.84. The maximum Gasteiger partial charge on any atom is 0.151 e. The first-order chi connectivity index (χ1) is 4.12. The lowest BCUT2D eigenvalue weighted by atomic mass is 10.1. The van der Waals surface area contributed by atoms with Crippen molar-refractivity contribution in [3.8, 4) is 0 Å². The Balaban J connectivity index is 3.85. The van der Waals surface area contributed by atoms with Gasteiger partial charge in [-0.25, -0.2) is 0 Å². The highest BCUT2D eigenvalue weighted by atomic mass is 16.3. The van der Waals surface area contributed by atoms with Gasteiger partial charge in [-0.05, 0) is 12.5 Å². The molecule has 0 aromatic carbocycles. The van der Waals surface area contributed by atoms with E-state index in [0.717, 1.165) is 0 Å². The lowest BCUT2D eigenvalue weighted by molar-refractivity contribution is -0.121. The number of hydrogen-bond donors (Lipinski definition) is 1. The van der Waals surface area contributed by atoms with Gasteiger partial charge in [0.05, 0.1) is 6.54 Å². The Kier molecular flexibility index (Phi) is 2.70. The van der Waals surface area contributed by atoms with Crippen LogP contribution in [-0.2, 0) is 4.79 Å². The van der Waals surface area contributed by atoms with E-state index in [1.54, 1.807) is 0 Å². The second-order valence-electron chi connectivity index (χ2n) is 1.86. The van der Waals surface area contributed by atoms with E-state index < -0.39 is 5.60 Å². The molecule has 50 valence electrons. The zero-order valence-electron chi connectivity index (χ0n) is 4.98. The van der Waals surface area contributed by atoms with E-state index in [9.17, 15) is 4.79 Å². The normalized spacial score (nSPS) is 15.3. The summed E-state index contributed by atoms with van der Waals surface area (Å²) in [6.07, 6.45) is 0.335. The van der Waals surface area contributed by atoms with Crippen LogP contribution in [0.3, 0.4) is 0 Å². The predicted octanol–water partition coefficient (Wildman–Crippen LogP) is 0.247. The standard InChI is InChI=1S/C4H7N3O2/c1-4(9,3-8)2-6-7-5/h3,9H,2H2,1H3/t4-/m0/s1. The molecule has 0 aliphatic rings. The van der Waals surface area contributed by atoms with Gasteiger partial charge in [0.25, 0.3) is 0 Å². The lowest BCUT2D eigenvalue weighted by Crippen LogP contribution is -2.29. The van der Waals surface area contributed by atoms with Crippen LogP contribution in [0.4, 0.5) is 0 Å². The molecule has 0 aromatic heterocycles. The zero-order chi connectivity index (χ0) is 7.33. The summed E-state index contributed by atoms with van der Waals surface area (Å²) in [4.78, 5) is 12.3. The van der Waals surface area contributed by atoms with Crippen LogP contribution >= 0.6 is 0 Å². The number of nitrogens with zero attached hydrogens (tertiary/aromatic N) is 3. The molecule has 0 aromatic rings. The zero-order valence-corrected chi connectivity index (χ0v) is 4.98. The van der Waals surface area contributed by atoms with Crippen LogP contribution < -0.4 is 0 Å². The fourth-order valence-corrected chi connectivity index (χ4v) is 0.212. The molecule has 0 spiro atoms. The fraction of sp³-hybridized carbons (Fsp3) is 0.750. The largest absolute Gasteiger partial charge is 0.383 e. The lowest BCUT2D eigenvalue weighted by Gasteiger charge is -2.09. The third-order valence-electron chi connectivity index (χ3n) is 0.708. The van der Waals surface area contributed by atoms with Gasteiger partial charge in [0.1, 0.15) is 5.60 Å². The Hall–Kier alpha value is -1.06. The highest BCUT2D eigenvalue weighted by molar-refractivity contribution is 5.61. The summed E-state index contributed by atoms with van der Waals surface area (Å²) in [6.45, 7) is 1.06. The number of carbonyl (C=O) groups excluding carboxylic acids is 1. The summed E-state index contributed by atoms with van der Waals surface area (Å²) in [6, 6.07) is 0. The topological polar surface area (TPSA) is 86.1 Å². The van der Waals surface area contributed by atoms with Crippen LogP contribution in [0.5, 0.6) is 0 Å². The number of rotatable bonds is 3. The van der Waals surface area contributed by atoms with Gasteiger partial charge in [0.15, 0.2) is 6.29 Å². The van der Waals surface area contributed by atoms with Crippen LogP contribution in [0.25, 0.3) is 10.4 Å². The van der Waals surface area contributed by atoms with Crippen molar-refractivity contribution >= 4 is 6.29 Å². The van der Waals surface area contributed by atoms with Crippen molar-refractivity contribution in [2.75, 3.05) is 6.54 Å². The molecule has 0 aliphatic heterocycles. The minimum Gasteiger partial charge on any atom is -0.383 e. The third kappa shape index (κ3) is 3.52. The molecule has 9 heavy (non-hydrogen) atoms. The van der Waals surface area contributed by atoms with E-state index in [1.165, 1.54) is 6.92 Å². The molecule has 0 bridgehead atoms. The summed E-state index contributed by atoms with van der Waals surface area (Å²) in [5, 5.41) is 11.8. The van der Waals surface area contributed by atoms with Crippen molar-refractivity contribution in [2.24, 2.45) is 5.11 Å². The molecule has 5 nitrogen and oxygen atoms in total. The summed E-state index contributed by atoms with van der Waals surface area (Å²) in [7, 11) is 0. The number of azide groups is 1. The molecule has 0 amide bonds. The van der Waals surface area contributed by atoms with E-state index >= 15 is 0 Å². The number of aldehydes is 1. The number of carbonyl (C=O) groups is 1. The summed E-state index contributed by atoms with van der Waals surface area (Å²) in [5.41, 5.74) is 6.25. The first kappa shape index (κ1) is 7.94. The molecule has 0 unspecified atom stereocenters. The van der Waals surface area contributed by atoms with Gasteiger partial charge in [0.2, 0.25) is 0 Å². The number of hydrogen-bond acceptors (Lipinski definition) is 3. The molecule has 0 radical (unpaired) electrons. The van der Waals surface area contributed by atoms with E-state index in [2.05, 4.69) is 10.0 Å². The van der Waals surface area contributed by atoms with Gasteiger partial charge < -0.3 is 9.90 Å². The molecule has 0 fully saturated rings. The number of aliphatic hydroxyl groups is 1. The van der Waals surface area contributed by atoms with E-state index in [1.807, 2.05) is 0 Å². The van der Waals surface area contributed by atoms with Crippen molar-refractivity contribution in [3.63, 3.8) is 0 Å². The molecular formula is C4H7N3O2. The van der Waals surface area contributed by atoms with Crippen molar-refractivity contribution in [2.45, 2.75) is 12.5 Å². The maximum atomic E-state index is 9.90. The van der Waals surface area contributed by atoms with Gasteiger partial charge >= 0.3 is 0 Å². The Labute approximate surface area is 51.9 Å². The van der Waals surface area contributed by atoms with Crippen LogP contribution in [-0.4, -0.2) is 23.5 Å². The monoisotopic (exact) mass is 129 g/mol. The first-order valence-electron chi connectivity index (χ1n) is 2.32. The van der Waals surface area contributed by atoms with Crippen LogP contribution in [0.15, 0.2) is 5.11 Å². The van der Waals surface area contributed by atoms with E-state index in [4.69, 9.17) is 10.6 Å². The molecule has 0 rings (SSSR count). The Morgan fingerprint density at radius 2 is 2.56 bits per heavy atom. The SMILES string of the molecule is C[C@@](O)(C=O)CN=[N+]=[N-]. The minimum absolute atomic E-state index is 0.215. The highest BCUT2D eigenvalue weighted by Gasteiger charge is 2.16. The Morgan fingerprint density at radius 3 is 2.89 bits per heavy atom. The third-order valence-corrected chi connectivity index (χ3v) is 0.708. The fourth-order valence-electron chi connectivity index (χ4n) is 0.212. The van der Waals surface area contributed by atoms with Gasteiger partial charge in [-0.15, -0.1) is 0 Å². The summed E-state index contributed by atoms with van der Waals surface area (Å²) >= 11 is 0. The van der Waals surface area contributed by atoms with Crippen LogP contribution in [0.2, 0.25) is 0 Å². The van der Waals surface area contributed by atoms with Crippen molar-refractivity contribution in [1.82, 2.24) is 0 Å². The van der Waals surface area contributed by atoms with Gasteiger partial charge in [-0.1, -0.05) is 5.11 Å². The maximum absolute atomic E-state index is 9.90. The minimum atomic E-state index is -1.51. The molecule has 1 atom stereocenters. The molecule has 0 saturated carbocycles. The quantitative estimate of drug-likeness (QED) is 0.256. The summed E-state index contributed by atoms with van der Waals surface area (Å²) < 4.78 is 0. The van der Waals surface area contributed by atoms with Crippen molar-refractivity contribution in [3.05, 3.63) is 10.4 Å². The van der Waals surface area contributed by atoms with Crippen LogP contribution in [0.1, 0.15) is 6.92 Å². The Morgan fingerprint density at radius 1 is 2.00 bits per heavy atom. The Bertz CT molecular complexity index is 148. The van der Waals surface area contributed by atoms with Gasteiger partial charge in [0, 0.05) is 4.91 Å².